The van der Waals surface area contributed by atoms with E-state index >= 15 is 0 Å². The van der Waals surface area contributed by atoms with Crippen LogP contribution in [0.25, 0.3) is 11.3 Å². The fourth-order valence-corrected chi connectivity index (χ4v) is 2.58. The Labute approximate surface area is 141 Å². The van der Waals surface area contributed by atoms with Crippen LogP contribution in [0.4, 0.5) is 5.69 Å². The Morgan fingerprint density at radius 3 is 2.64 bits per heavy atom. The Bertz CT molecular complexity index is 829. The van der Waals surface area contributed by atoms with Gasteiger partial charge in [-0.2, -0.15) is 0 Å². The molecule has 22 heavy (non-hydrogen) atoms. The highest BCUT2D eigenvalue weighted by molar-refractivity contribution is 9.10. The molecule has 0 aliphatic heterocycles. The van der Waals surface area contributed by atoms with Gasteiger partial charge in [0.05, 0.1) is 5.69 Å². The third-order valence-corrected chi connectivity index (χ3v) is 3.99. The van der Waals surface area contributed by atoms with E-state index in [-0.39, 0.29) is 11.7 Å². The summed E-state index contributed by atoms with van der Waals surface area (Å²) in [5, 5.41) is 3.42. The number of amides is 1. The zero-order valence-electron chi connectivity index (χ0n) is 11.3. The van der Waals surface area contributed by atoms with E-state index in [9.17, 15) is 4.79 Å². The van der Waals surface area contributed by atoms with Crippen LogP contribution in [-0.2, 0) is 0 Å². The Balaban J connectivity index is 1.82. The summed E-state index contributed by atoms with van der Waals surface area (Å²) in [7, 11) is 0. The largest absolute Gasteiger partial charge is 0.451 e. The highest BCUT2D eigenvalue weighted by Gasteiger charge is 2.13. The minimum atomic E-state index is -0.305. The summed E-state index contributed by atoms with van der Waals surface area (Å²) in [6.07, 6.45) is 0. The number of para-hydroxylation sites is 1. The topological polar surface area (TPSA) is 42.2 Å². The van der Waals surface area contributed by atoms with Crippen molar-refractivity contribution >= 4 is 39.1 Å². The van der Waals surface area contributed by atoms with E-state index in [0.29, 0.717) is 16.5 Å². The predicted molar refractivity (Wildman–Crippen MR) is 91.2 cm³/mol. The van der Waals surface area contributed by atoms with E-state index in [4.69, 9.17) is 16.0 Å². The zero-order chi connectivity index (χ0) is 15.5. The highest BCUT2D eigenvalue weighted by atomic mass is 79.9. The first-order chi connectivity index (χ1) is 10.6. The smallest absolute Gasteiger partial charge is 0.291 e. The Hall–Kier alpha value is -2.04. The number of halogens is 2. The lowest BCUT2D eigenvalue weighted by Gasteiger charge is -2.05. The Kier molecular flexibility index (Phi) is 4.32. The molecule has 3 aromatic rings. The number of rotatable bonds is 3. The monoisotopic (exact) mass is 375 g/mol. The lowest BCUT2D eigenvalue weighted by molar-refractivity contribution is 0.0997. The summed E-state index contributed by atoms with van der Waals surface area (Å²) in [6.45, 7) is 0. The van der Waals surface area contributed by atoms with E-state index in [0.717, 1.165) is 10.0 Å². The SMILES string of the molecule is O=C(Nc1ccccc1Br)c1ccc(-c2cccc(Cl)c2)o1. The molecule has 2 aromatic carbocycles. The average Bonchev–Trinajstić information content (AvgIpc) is 2.99. The summed E-state index contributed by atoms with van der Waals surface area (Å²) in [5.74, 6) is 0.533. The van der Waals surface area contributed by atoms with Gasteiger partial charge in [-0.3, -0.25) is 4.79 Å². The van der Waals surface area contributed by atoms with Gasteiger partial charge in [0.1, 0.15) is 5.76 Å². The normalized spacial score (nSPS) is 10.5. The van der Waals surface area contributed by atoms with Gasteiger partial charge in [-0.05, 0) is 52.3 Å². The number of hydrogen-bond acceptors (Lipinski definition) is 2. The lowest BCUT2D eigenvalue weighted by Crippen LogP contribution is -2.11. The molecule has 0 bridgehead atoms. The molecule has 0 aliphatic rings. The summed E-state index contributed by atoms with van der Waals surface area (Å²) in [4.78, 5) is 12.2. The van der Waals surface area contributed by atoms with E-state index < -0.39 is 0 Å². The van der Waals surface area contributed by atoms with Gasteiger partial charge in [0.25, 0.3) is 5.91 Å². The maximum atomic E-state index is 12.2. The summed E-state index contributed by atoms with van der Waals surface area (Å²) in [6, 6.07) is 18.1. The third kappa shape index (κ3) is 3.24. The molecule has 0 saturated heterocycles. The zero-order valence-corrected chi connectivity index (χ0v) is 13.7. The van der Waals surface area contributed by atoms with Gasteiger partial charge >= 0.3 is 0 Å². The first-order valence-corrected chi connectivity index (χ1v) is 7.72. The van der Waals surface area contributed by atoms with E-state index in [2.05, 4.69) is 21.2 Å². The predicted octanol–water partition coefficient (Wildman–Crippen LogP) is 5.61. The Morgan fingerprint density at radius 1 is 1.05 bits per heavy atom. The summed E-state index contributed by atoms with van der Waals surface area (Å²) < 4.78 is 6.42. The second-order valence-corrected chi connectivity index (χ2v) is 5.90. The molecule has 0 fully saturated rings. The average molecular weight is 377 g/mol. The number of carbonyl (C=O) groups excluding carboxylic acids is 1. The molecule has 5 heteroatoms. The maximum Gasteiger partial charge on any atom is 0.291 e. The van der Waals surface area contributed by atoms with Crippen LogP contribution in [0.5, 0.6) is 0 Å². The standard InChI is InChI=1S/C17H11BrClNO2/c18-13-6-1-2-7-14(13)20-17(21)16-9-8-15(22-16)11-4-3-5-12(19)10-11/h1-10H,(H,20,21). The van der Waals surface area contributed by atoms with Crippen molar-refractivity contribution in [2.24, 2.45) is 0 Å². The Morgan fingerprint density at radius 2 is 1.86 bits per heavy atom. The van der Waals surface area contributed by atoms with Crippen LogP contribution in [0.15, 0.2) is 69.6 Å². The minimum Gasteiger partial charge on any atom is -0.451 e. The molecule has 3 nitrogen and oxygen atoms in total. The van der Waals surface area contributed by atoms with Crippen molar-refractivity contribution in [3.05, 3.63) is 75.9 Å². The molecule has 1 heterocycles. The van der Waals surface area contributed by atoms with Gasteiger partial charge in [-0.25, -0.2) is 0 Å². The van der Waals surface area contributed by atoms with Crippen LogP contribution < -0.4 is 5.32 Å². The second-order valence-electron chi connectivity index (χ2n) is 4.61. The molecule has 1 N–H and O–H groups in total. The molecule has 3 rings (SSSR count). The summed E-state index contributed by atoms with van der Waals surface area (Å²) >= 11 is 9.35. The fraction of sp³-hybridized carbons (Fsp3) is 0. The molecule has 0 spiro atoms. The number of hydrogen-bond donors (Lipinski definition) is 1. The molecule has 0 unspecified atom stereocenters. The number of nitrogens with one attached hydrogen (secondary N) is 1. The minimum absolute atomic E-state index is 0.241. The molecule has 110 valence electrons. The van der Waals surface area contributed by atoms with Gasteiger partial charge in [0.2, 0.25) is 0 Å². The van der Waals surface area contributed by atoms with Gasteiger partial charge in [0, 0.05) is 15.1 Å². The van der Waals surface area contributed by atoms with Crippen LogP contribution in [0.1, 0.15) is 10.6 Å². The van der Waals surface area contributed by atoms with Crippen molar-refractivity contribution in [3.63, 3.8) is 0 Å². The molecule has 0 atom stereocenters. The van der Waals surface area contributed by atoms with Crippen molar-refractivity contribution in [2.45, 2.75) is 0 Å². The van der Waals surface area contributed by atoms with E-state index in [1.165, 1.54) is 0 Å². The molecule has 1 aromatic heterocycles. The van der Waals surface area contributed by atoms with E-state index in [1.807, 2.05) is 36.4 Å². The van der Waals surface area contributed by atoms with Gasteiger partial charge in [0.15, 0.2) is 5.76 Å². The van der Waals surface area contributed by atoms with Crippen LogP contribution in [0.2, 0.25) is 5.02 Å². The van der Waals surface area contributed by atoms with Gasteiger partial charge in [-0.15, -0.1) is 0 Å². The quantitative estimate of drug-likeness (QED) is 0.645. The maximum absolute atomic E-state index is 12.2. The third-order valence-electron chi connectivity index (χ3n) is 3.06. The first-order valence-electron chi connectivity index (χ1n) is 6.55. The fourth-order valence-electron chi connectivity index (χ4n) is 2.00. The van der Waals surface area contributed by atoms with Crippen molar-refractivity contribution in [1.82, 2.24) is 0 Å². The molecule has 0 saturated carbocycles. The van der Waals surface area contributed by atoms with Crippen molar-refractivity contribution in [3.8, 4) is 11.3 Å². The number of furan rings is 1. The van der Waals surface area contributed by atoms with Crippen LogP contribution in [0, 0.1) is 0 Å². The first kappa shape index (κ1) is 14.9. The number of benzene rings is 2. The molecular formula is C17H11BrClNO2. The molecule has 0 aliphatic carbocycles. The van der Waals surface area contributed by atoms with Crippen molar-refractivity contribution in [2.75, 3.05) is 5.32 Å². The van der Waals surface area contributed by atoms with Gasteiger partial charge in [-0.1, -0.05) is 35.9 Å². The summed E-state index contributed by atoms with van der Waals surface area (Å²) in [5.41, 5.74) is 1.51. The molecular weight excluding hydrogens is 366 g/mol. The molecule has 0 radical (unpaired) electrons. The van der Waals surface area contributed by atoms with E-state index in [1.54, 1.807) is 24.3 Å². The van der Waals surface area contributed by atoms with Crippen molar-refractivity contribution in [1.29, 1.82) is 0 Å². The molecule has 1 amide bonds. The van der Waals surface area contributed by atoms with Crippen LogP contribution in [-0.4, -0.2) is 5.91 Å². The number of anilines is 1. The lowest BCUT2D eigenvalue weighted by atomic mass is 10.2. The second kappa shape index (κ2) is 6.38. The number of carbonyl (C=O) groups is 1. The van der Waals surface area contributed by atoms with Crippen LogP contribution >= 0.6 is 27.5 Å². The van der Waals surface area contributed by atoms with Crippen LogP contribution in [0.3, 0.4) is 0 Å². The van der Waals surface area contributed by atoms with Crippen molar-refractivity contribution < 1.29 is 9.21 Å². The van der Waals surface area contributed by atoms with Gasteiger partial charge < -0.3 is 9.73 Å². The highest BCUT2D eigenvalue weighted by Crippen LogP contribution is 2.26.